The van der Waals surface area contributed by atoms with Crippen LogP contribution < -0.4 is 10.1 Å². The Kier molecular flexibility index (Phi) is 4.98. The standard InChI is InChI=1S/C15H17BrN2O2/c1-10-7-17-4-3-12(10)9-18-8-11-5-13(16)15(19)14(6-11)20-2/h3-7,18-19H,8-9H2,1-2H3. The van der Waals surface area contributed by atoms with Crippen LogP contribution in [-0.4, -0.2) is 17.2 Å². The van der Waals surface area contributed by atoms with Gasteiger partial charge in [-0.15, -0.1) is 0 Å². The molecule has 2 N–H and O–H groups in total. The summed E-state index contributed by atoms with van der Waals surface area (Å²) in [6, 6.07) is 5.71. The average molecular weight is 337 g/mol. The molecule has 0 unspecified atom stereocenters. The van der Waals surface area contributed by atoms with Gasteiger partial charge in [0.1, 0.15) is 0 Å². The molecule has 0 amide bonds. The van der Waals surface area contributed by atoms with Gasteiger partial charge in [-0.3, -0.25) is 4.98 Å². The number of halogens is 1. The summed E-state index contributed by atoms with van der Waals surface area (Å²) in [7, 11) is 1.54. The largest absolute Gasteiger partial charge is 0.503 e. The fraction of sp³-hybridized carbons (Fsp3) is 0.267. The topological polar surface area (TPSA) is 54.4 Å². The Bertz CT molecular complexity index is 602. The second-order valence-electron chi connectivity index (χ2n) is 4.53. The molecular formula is C15H17BrN2O2. The molecular weight excluding hydrogens is 320 g/mol. The van der Waals surface area contributed by atoms with Crippen LogP contribution in [-0.2, 0) is 13.1 Å². The Morgan fingerprint density at radius 2 is 2.15 bits per heavy atom. The number of hydrogen-bond acceptors (Lipinski definition) is 4. The molecule has 0 radical (unpaired) electrons. The lowest BCUT2D eigenvalue weighted by Crippen LogP contribution is -2.13. The molecule has 20 heavy (non-hydrogen) atoms. The number of phenols is 1. The van der Waals surface area contributed by atoms with E-state index in [0.717, 1.165) is 12.1 Å². The molecule has 0 saturated carbocycles. The molecule has 5 heteroatoms. The van der Waals surface area contributed by atoms with Crippen molar-refractivity contribution in [2.24, 2.45) is 0 Å². The van der Waals surface area contributed by atoms with Gasteiger partial charge in [-0.1, -0.05) is 0 Å². The zero-order valence-corrected chi connectivity index (χ0v) is 13.1. The van der Waals surface area contributed by atoms with E-state index in [0.29, 0.717) is 16.8 Å². The van der Waals surface area contributed by atoms with E-state index >= 15 is 0 Å². The highest BCUT2D eigenvalue weighted by Gasteiger charge is 2.08. The van der Waals surface area contributed by atoms with Crippen LogP contribution in [0.5, 0.6) is 11.5 Å². The van der Waals surface area contributed by atoms with Crippen molar-refractivity contribution in [3.05, 3.63) is 51.8 Å². The number of aryl methyl sites for hydroxylation is 1. The summed E-state index contributed by atoms with van der Waals surface area (Å²) in [5.41, 5.74) is 3.44. The zero-order chi connectivity index (χ0) is 14.5. The highest BCUT2D eigenvalue weighted by molar-refractivity contribution is 9.10. The fourth-order valence-corrected chi connectivity index (χ4v) is 2.42. The number of methoxy groups -OCH3 is 1. The Morgan fingerprint density at radius 1 is 1.35 bits per heavy atom. The number of pyridine rings is 1. The van der Waals surface area contributed by atoms with Crippen molar-refractivity contribution >= 4 is 15.9 Å². The van der Waals surface area contributed by atoms with Gasteiger partial charge in [0, 0.05) is 25.5 Å². The summed E-state index contributed by atoms with van der Waals surface area (Å²) in [4.78, 5) is 4.08. The normalized spacial score (nSPS) is 10.6. The third-order valence-corrected chi connectivity index (χ3v) is 3.69. The number of nitrogens with zero attached hydrogens (tertiary/aromatic N) is 1. The van der Waals surface area contributed by atoms with Gasteiger partial charge in [0.2, 0.25) is 0 Å². The van der Waals surface area contributed by atoms with Crippen molar-refractivity contribution < 1.29 is 9.84 Å². The van der Waals surface area contributed by atoms with Crippen LogP contribution in [0.3, 0.4) is 0 Å². The van der Waals surface area contributed by atoms with E-state index in [4.69, 9.17) is 4.74 Å². The monoisotopic (exact) mass is 336 g/mol. The van der Waals surface area contributed by atoms with Crippen LogP contribution in [0.15, 0.2) is 35.1 Å². The van der Waals surface area contributed by atoms with Gasteiger partial charge >= 0.3 is 0 Å². The number of phenolic OH excluding ortho intramolecular Hbond substituents is 1. The van der Waals surface area contributed by atoms with Crippen molar-refractivity contribution in [1.29, 1.82) is 0 Å². The smallest absolute Gasteiger partial charge is 0.172 e. The first kappa shape index (κ1) is 14.8. The summed E-state index contributed by atoms with van der Waals surface area (Å²) in [6.07, 6.45) is 3.65. The van der Waals surface area contributed by atoms with Gasteiger partial charge in [0.05, 0.1) is 11.6 Å². The summed E-state index contributed by atoms with van der Waals surface area (Å²) in [5, 5.41) is 13.1. The molecule has 1 aromatic heterocycles. The molecule has 0 bridgehead atoms. The van der Waals surface area contributed by atoms with Crippen LogP contribution >= 0.6 is 15.9 Å². The Balaban J connectivity index is 2.01. The Morgan fingerprint density at radius 3 is 2.85 bits per heavy atom. The SMILES string of the molecule is COc1cc(CNCc2ccncc2C)cc(Br)c1O. The third-order valence-electron chi connectivity index (χ3n) is 3.09. The van der Waals surface area contributed by atoms with Gasteiger partial charge in [-0.05, 0) is 57.7 Å². The maximum Gasteiger partial charge on any atom is 0.172 e. The van der Waals surface area contributed by atoms with Crippen LogP contribution in [0.4, 0.5) is 0 Å². The highest BCUT2D eigenvalue weighted by Crippen LogP contribution is 2.35. The van der Waals surface area contributed by atoms with E-state index in [2.05, 4.69) is 26.2 Å². The summed E-state index contributed by atoms with van der Waals surface area (Å²) >= 11 is 3.32. The molecule has 1 heterocycles. The fourth-order valence-electron chi connectivity index (χ4n) is 1.93. The number of rotatable bonds is 5. The molecule has 0 fully saturated rings. The van der Waals surface area contributed by atoms with Crippen molar-refractivity contribution in [2.45, 2.75) is 20.0 Å². The van der Waals surface area contributed by atoms with Gasteiger partial charge < -0.3 is 15.2 Å². The summed E-state index contributed by atoms with van der Waals surface area (Å²) in [6.45, 7) is 3.51. The predicted octanol–water partition coefficient (Wildman–Crippen LogP) is 3.16. The molecule has 0 aliphatic carbocycles. The molecule has 0 atom stereocenters. The van der Waals surface area contributed by atoms with Gasteiger partial charge in [-0.2, -0.15) is 0 Å². The van der Waals surface area contributed by atoms with Crippen LogP contribution in [0.1, 0.15) is 16.7 Å². The number of nitrogens with one attached hydrogen (secondary N) is 1. The van der Waals surface area contributed by atoms with E-state index in [1.54, 1.807) is 13.3 Å². The van der Waals surface area contributed by atoms with E-state index in [1.165, 1.54) is 11.1 Å². The number of aromatic nitrogens is 1. The second kappa shape index (κ2) is 6.72. The van der Waals surface area contributed by atoms with Crippen molar-refractivity contribution in [3.63, 3.8) is 0 Å². The van der Waals surface area contributed by atoms with Gasteiger partial charge in [0.25, 0.3) is 0 Å². The lowest BCUT2D eigenvalue weighted by Gasteiger charge is -2.10. The number of hydrogen-bond donors (Lipinski definition) is 2. The van der Waals surface area contributed by atoms with Crippen molar-refractivity contribution in [3.8, 4) is 11.5 Å². The minimum Gasteiger partial charge on any atom is -0.503 e. The first-order valence-electron chi connectivity index (χ1n) is 6.27. The second-order valence-corrected chi connectivity index (χ2v) is 5.39. The molecule has 0 spiro atoms. The quantitative estimate of drug-likeness (QED) is 0.880. The predicted molar refractivity (Wildman–Crippen MR) is 81.9 cm³/mol. The third kappa shape index (κ3) is 3.49. The molecule has 4 nitrogen and oxygen atoms in total. The first-order valence-corrected chi connectivity index (χ1v) is 7.06. The Labute approximate surface area is 126 Å². The van der Waals surface area contributed by atoms with E-state index in [9.17, 15) is 5.11 Å². The molecule has 106 valence electrons. The van der Waals surface area contributed by atoms with Gasteiger partial charge in [-0.25, -0.2) is 0 Å². The lowest BCUT2D eigenvalue weighted by molar-refractivity contribution is 0.371. The summed E-state index contributed by atoms with van der Waals surface area (Å²) in [5.74, 6) is 0.595. The number of benzene rings is 1. The maximum absolute atomic E-state index is 9.76. The van der Waals surface area contributed by atoms with Crippen LogP contribution in [0.25, 0.3) is 0 Å². The number of aromatic hydroxyl groups is 1. The molecule has 1 aromatic carbocycles. The van der Waals surface area contributed by atoms with Crippen molar-refractivity contribution in [1.82, 2.24) is 10.3 Å². The zero-order valence-electron chi connectivity index (χ0n) is 11.5. The Hall–Kier alpha value is -1.59. The molecule has 0 aliphatic rings. The lowest BCUT2D eigenvalue weighted by atomic mass is 10.1. The van der Waals surface area contributed by atoms with E-state index in [1.807, 2.05) is 31.3 Å². The minimum atomic E-state index is 0.126. The van der Waals surface area contributed by atoms with Crippen molar-refractivity contribution in [2.75, 3.05) is 7.11 Å². The number of ether oxygens (including phenoxy) is 1. The maximum atomic E-state index is 9.76. The average Bonchev–Trinajstić information content (AvgIpc) is 2.44. The molecule has 0 aliphatic heterocycles. The summed E-state index contributed by atoms with van der Waals surface area (Å²) < 4.78 is 5.77. The van der Waals surface area contributed by atoms with Gasteiger partial charge in [0.15, 0.2) is 11.5 Å². The highest BCUT2D eigenvalue weighted by atomic mass is 79.9. The van der Waals surface area contributed by atoms with E-state index < -0.39 is 0 Å². The molecule has 2 aromatic rings. The van der Waals surface area contributed by atoms with E-state index in [-0.39, 0.29) is 5.75 Å². The van der Waals surface area contributed by atoms with Crippen LogP contribution in [0.2, 0.25) is 0 Å². The van der Waals surface area contributed by atoms with Crippen LogP contribution in [0, 0.1) is 6.92 Å². The first-order chi connectivity index (χ1) is 9.61. The minimum absolute atomic E-state index is 0.126. The molecule has 0 saturated heterocycles. The molecule has 2 rings (SSSR count).